The van der Waals surface area contributed by atoms with Crippen LogP contribution in [0.5, 0.6) is 11.5 Å². The van der Waals surface area contributed by atoms with Crippen LogP contribution in [0.2, 0.25) is 0 Å². The molecule has 2 N–H and O–H groups in total. The summed E-state index contributed by atoms with van der Waals surface area (Å²) in [7, 11) is 0. The van der Waals surface area contributed by atoms with Crippen molar-refractivity contribution in [2.24, 2.45) is 0 Å². The molecule has 0 aromatic heterocycles. The minimum Gasteiger partial charge on any atom is -0.508 e. The van der Waals surface area contributed by atoms with Crippen molar-refractivity contribution in [1.82, 2.24) is 4.90 Å². The molecule has 1 aromatic carbocycles. The lowest BCUT2D eigenvalue weighted by Gasteiger charge is -2.18. The predicted octanol–water partition coefficient (Wildman–Crippen LogP) is 4.30. The van der Waals surface area contributed by atoms with E-state index in [-0.39, 0.29) is 28.9 Å². The number of amides is 1. The summed E-state index contributed by atoms with van der Waals surface area (Å²) in [5, 5.41) is 20.5. The van der Waals surface area contributed by atoms with Gasteiger partial charge >= 0.3 is 0 Å². The first-order valence-corrected chi connectivity index (χ1v) is 8.25. The van der Waals surface area contributed by atoms with E-state index in [9.17, 15) is 15.0 Å². The Morgan fingerprint density at radius 1 is 1.29 bits per heavy atom. The van der Waals surface area contributed by atoms with Crippen LogP contribution in [0.15, 0.2) is 47.0 Å². The molecule has 1 aromatic rings. The van der Waals surface area contributed by atoms with E-state index < -0.39 is 0 Å². The molecule has 1 heterocycles. The fourth-order valence-electron chi connectivity index (χ4n) is 2.62. The second-order valence-electron chi connectivity index (χ2n) is 6.08. The van der Waals surface area contributed by atoms with Gasteiger partial charge < -0.3 is 15.1 Å². The molecule has 0 saturated carbocycles. The Bertz CT molecular complexity index is 732. The number of nitrogens with zero attached hydrogens (tertiary/aromatic N) is 1. The Hall–Kier alpha value is -2.20. The van der Waals surface area contributed by atoms with Crippen LogP contribution < -0.4 is 0 Å². The Balaban J connectivity index is 2.20. The molecule has 1 aliphatic heterocycles. The van der Waals surface area contributed by atoms with Crippen molar-refractivity contribution in [2.45, 2.75) is 26.7 Å². The number of aromatic hydroxyl groups is 2. The summed E-state index contributed by atoms with van der Waals surface area (Å²) in [4.78, 5) is 14.3. The second kappa shape index (κ2) is 7.58. The van der Waals surface area contributed by atoms with E-state index in [1.54, 1.807) is 17.0 Å². The molecule has 5 heteroatoms. The minimum atomic E-state index is -0.267. The van der Waals surface area contributed by atoms with E-state index >= 15 is 0 Å². The van der Waals surface area contributed by atoms with E-state index in [4.69, 9.17) is 11.6 Å². The highest BCUT2D eigenvalue weighted by Crippen LogP contribution is 2.33. The molecule has 0 bridgehead atoms. The lowest BCUT2D eigenvalue weighted by Crippen LogP contribution is -2.29. The van der Waals surface area contributed by atoms with E-state index in [1.807, 2.05) is 39.0 Å². The Morgan fingerprint density at radius 3 is 2.62 bits per heavy atom. The van der Waals surface area contributed by atoms with Gasteiger partial charge in [-0.15, -0.1) is 0 Å². The van der Waals surface area contributed by atoms with Gasteiger partial charge in [-0.05, 0) is 42.2 Å². The van der Waals surface area contributed by atoms with Gasteiger partial charge in [-0.3, -0.25) is 4.79 Å². The minimum absolute atomic E-state index is 0.000328. The number of allylic oxidation sites excluding steroid dienone is 3. The molecule has 0 radical (unpaired) electrons. The molecule has 1 amide bonds. The van der Waals surface area contributed by atoms with Gasteiger partial charge in [0.15, 0.2) is 0 Å². The van der Waals surface area contributed by atoms with Crippen LogP contribution in [0.25, 0.3) is 0 Å². The third kappa shape index (κ3) is 4.01. The maximum Gasteiger partial charge on any atom is 0.258 e. The maximum atomic E-state index is 12.7. The molecule has 0 saturated heterocycles. The first-order chi connectivity index (χ1) is 11.3. The number of carbonyl (C=O) groups is 1. The van der Waals surface area contributed by atoms with Crippen molar-refractivity contribution in [3.63, 3.8) is 0 Å². The molecule has 2 rings (SSSR count). The largest absolute Gasteiger partial charge is 0.508 e. The summed E-state index contributed by atoms with van der Waals surface area (Å²) in [6, 6.07) is 2.80. The van der Waals surface area contributed by atoms with Crippen LogP contribution >= 0.6 is 11.6 Å². The average Bonchev–Trinajstić information content (AvgIpc) is 2.95. The van der Waals surface area contributed by atoms with Gasteiger partial charge in [0.05, 0.1) is 5.56 Å². The number of rotatable bonds is 4. The van der Waals surface area contributed by atoms with Crippen molar-refractivity contribution in [2.75, 3.05) is 13.1 Å². The van der Waals surface area contributed by atoms with Crippen molar-refractivity contribution in [3.05, 3.63) is 58.2 Å². The Labute approximate surface area is 147 Å². The van der Waals surface area contributed by atoms with Crippen LogP contribution in [-0.4, -0.2) is 34.1 Å². The monoisotopic (exact) mass is 347 g/mol. The quantitative estimate of drug-likeness (QED) is 0.798. The van der Waals surface area contributed by atoms with Crippen LogP contribution in [-0.2, 0) is 0 Å². The molecule has 4 nitrogen and oxygen atoms in total. The number of hydrogen-bond acceptors (Lipinski definition) is 3. The van der Waals surface area contributed by atoms with Crippen LogP contribution in [0.3, 0.4) is 0 Å². The van der Waals surface area contributed by atoms with E-state index in [0.717, 1.165) is 5.57 Å². The molecular formula is C19H22ClNO3. The summed E-state index contributed by atoms with van der Waals surface area (Å²) in [5.74, 6) is -0.429. The smallest absolute Gasteiger partial charge is 0.258 e. The third-order valence-corrected chi connectivity index (χ3v) is 4.12. The topological polar surface area (TPSA) is 60.8 Å². The molecule has 0 fully saturated rings. The SMILES string of the molecule is C/C=C\C(Cl)=C/C1=CCN(C(=O)c2cc(C(C)C)c(O)cc2O)C1. The zero-order chi connectivity index (χ0) is 17.9. The normalized spacial score (nSPS) is 15.5. The van der Waals surface area contributed by atoms with Crippen molar-refractivity contribution in [3.8, 4) is 11.5 Å². The summed E-state index contributed by atoms with van der Waals surface area (Å²) in [6.07, 6.45) is 7.39. The molecule has 0 atom stereocenters. The summed E-state index contributed by atoms with van der Waals surface area (Å²) in [6.45, 7) is 6.62. The highest BCUT2D eigenvalue weighted by Gasteiger charge is 2.24. The van der Waals surface area contributed by atoms with Crippen LogP contribution in [0.4, 0.5) is 0 Å². The number of hydrogen-bond donors (Lipinski definition) is 2. The standard InChI is InChI=1S/C19H22ClNO3/c1-4-5-14(20)8-13-6-7-21(11-13)19(24)16-9-15(12(2)3)17(22)10-18(16)23/h4-6,8-10,12,22-23H,7,11H2,1-3H3/b5-4-,14-8+. The zero-order valence-electron chi connectivity index (χ0n) is 14.1. The summed E-state index contributed by atoms with van der Waals surface area (Å²) >= 11 is 6.07. The number of phenols is 2. The molecule has 0 aliphatic carbocycles. The number of benzene rings is 1. The fourth-order valence-corrected chi connectivity index (χ4v) is 2.88. The van der Waals surface area contributed by atoms with E-state index in [1.165, 1.54) is 6.07 Å². The first kappa shape index (κ1) is 18.1. The molecule has 0 unspecified atom stereocenters. The van der Waals surface area contributed by atoms with Gasteiger partial charge in [-0.25, -0.2) is 0 Å². The lowest BCUT2D eigenvalue weighted by molar-refractivity contribution is 0.0795. The maximum absolute atomic E-state index is 12.7. The van der Waals surface area contributed by atoms with Gasteiger partial charge in [0.25, 0.3) is 5.91 Å². The molecule has 0 spiro atoms. The van der Waals surface area contributed by atoms with Crippen LogP contribution in [0, 0.1) is 0 Å². The van der Waals surface area contributed by atoms with E-state index in [0.29, 0.717) is 23.7 Å². The molecule has 24 heavy (non-hydrogen) atoms. The highest BCUT2D eigenvalue weighted by molar-refractivity contribution is 6.31. The fraction of sp³-hybridized carbons (Fsp3) is 0.316. The third-order valence-electron chi connectivity index (χ3n) is 3.88. The molecule has 128 valence electrons. The van der Waals surface area contributed by atoms with Gasteiger partial charge in [0.1, 0.15) is 11.5 Å². The summed E-state index contributed by atoms with van der Waals surface area (Å²) in [5.41, 5.74) is 1.79. The number of halogens is 1. The lowest BCUT2D eigenvalue weighted by atomic mass is 9.98. The van der Waals surface area contributed by atoms with Crippen molar-refractivity contribution < 1.29 is 15.0 Å². The number of carbonyl (C=O) groups excluding carboxylic acids is 1. The van der Waals surface area contributed by atoms with E-state index in [2.05, 4.69) is 0 Å². The number of phenolic OH excluding ortho intramolecular Hbond substituents is 2. The average molecular weight is 348 g/mol. The van der Waals surface area contributed by atoms with Gasteiger partial charge in [-0.1, -0.05) is 37.6 Å². The van der Waals surface area contributed by atoms with Gasteiger partial charge in [-0.2, -0.15) is 0 Å². The van der Waals surface area contributed by atoms with Crippen molar-refractivity contribution in [1.29, 1.82) is 0 Å². The molecular weight excluding hydrogens is 326 g/mol. The zero-order valence-corrected chi connectivity index (χ0v) is 14.8. The van der Waals surface area contributed by atoms with Gasteiger partial charge in [0.2, 0.25) is 0 Å². The first-order valence-electron chi connectivity index (χ1n) is 7.87. The van der Waals surface area contributed by atoms with Crippen LogP contribution in [0.1, 0.15) is 42.6 Å². The van der Waals surface area contributed by atoms with Crippen molar-refractivity contribution >= 4 is 17.5 Å². The predicted molar refractivity (Wildman–Crippen MR) is 96.6 cm³/mol. The Morgan fingerprint density at radius 2 is 2.00 bits per heavy atom. The Kier molecular flexibility index (Phi) is 5.73. The second-order valence-corrected chi connectivity index (χ2v) is 6.51. The summed E-state index contributed by atoms with van der Waals surface area (Å²) < 4.78 is 0. The molecule has 1 aliphatic rings. The van der Waals surface area contributed by atoms with Gasteiger partial charge in [0, 0.05) is 24.2 Å². The highest BCUT2D eigenvalue weighted by atomic mass is 35.5.